The number of alkyl halides is 3. The van der Waals surface area contributed by atoms with Crippen LogP contribution in [-0.2, 0) is 6.18 Å². The summed E-state index contributed by atoms with van der Waals surface area (Å²) in [6.45, 7) is 0. The van der Waals surface area contributed by atoms with Gasteiger partial charge < -0.3 is 4.98 Å². The fourth-order valence-corrected chi connectivity index (χ4v) is 1.87. The number of H-pyrrole nitrogens is 1. The lowest BCUT2D eigenvalue weighted by molar-refractivity contribution is -0.141. The summed E-state index contributed by atoms with van der Waals surface area (Å²) in [6, 6.07) is 1.52. The topological polar surface area (TPSA) is 28.7 Å². The normalized spacial score (nSPS) is 12.3. The van der Waals surface area contributed by atoms with Crippen molar-refractivity contribution < 1.29 is 13.2 Å². The molecule has 0 bridgehead atoms. The van der Waals surface area contributed by atoms with Crippen molar-refractivity contribution in [3.05, 3.63) is 28.6 Å². The molecular formula is C8H4BrF3N2. The highest BCUT2D eigenvalue weighted by molar-refractivity contribution is 9.10. The SMILES string of the molecule is FC(F)(F)c1[nH]c2cnccc2c1Br. The van der Waals surface area contributed by atoms with Crippen LogP contribution >= 0.6 is 15.9 Å². The third-order valence-corrected chi connectivity index (χ3v) is 2.64. The first-order valence-electron chi connectivity index (χ1n) is 3.68. The Balaban J connectivity index is 2.75. The summed E-state index contributed by atoms with van der Waals surface area (Å²) in [5.74, 6) is 0. The van der Waals surface area contributed by atoms with E-state index in [4.69, 9.17) is 0 Å². The van der Waals surface area contributed by atoms with E-state index in [1.54, 1.807) is 0 Å². The van der Waals surface area contributed by atoms with Crippen molar-refractivity contribution in [2.24, 2.45) is 0 Å². The van der Waals surface area contributed by atoms with Gasteiger partial charge in [0.25, 0.3) is 0 Å². The number of nitrogens with zero attached hydrogens (tertiary/aromatic N) is 1. The van der Waals surface area contributed by atoms with E-state index in [9.17, 15) is 13.2 Å². The van der Waals surface area contributed by atoms with E-state index in [0.29, 0.717) is 10.9 Å². The van der Waals surface area contributed by atoms with Crippen LogP contribution in [0.5, 0.6) is 0 Å². The van der Waals surface area contributed by atoms with Crippen LogP contribution in [0.4, 0.5) is 13.2 Å². The van der Waals surface area contributed by atoms with Gasteiger partial charge in [0.1, 0.15) is 5.69 Å². The van der Waals surface area contributed by atoms with Gasteiger partial charge in [-0.2, -0.15) is 13.2 Å². The van der Waals surface area contributed by atoms with Crippen molar-refractivity contribution in [3.8, 4) is 0 Å². The molecule has 0 amide bonds. The van der Waals surface area contributed by atoms with Crippen LogP contribution in [0.15, 0.2) is 22.9 Å². The van der Waals surface area contributed by atoms with Crippen molar-refractivity contribution in [3.63, 3.8) is 0 Å². The van der Waals surface area contributed by atoms with Gasteiger partial charge in [-0.1, -0.05) is 0 Å². The molecule has 0 aromatic carbocycles. The van der Waals surface area contributed by atoms with Gasteiger partial charge >= 0.3 is 6.18 Å². The largest absolute Gasteiger partial charge is 0.432 e. The number of rotatable bonds is 0. The average molecular weight is 265 g/mol. The Morgan fingerprint density at radius 3 is 2.64 bits per heavy atom. The number of aromatic nitrogens is 2. The molecule has 0 fully saturated rings. The summed E-state index contributed by atoms with van der Waals surface area (Å²) >= 11 is 2.91. The van der Waals surface area contributed by atoms with Crippen LogP contribution < -0.4 is 0 Å². The molecule has 0 aliphatic heterocycles. The Morgan fingerprint density at radius 2 is 2.07 bits per heavy atom. The highest BCUT2D eigenvalue weighted by Crippen LogP contribution is 2.38. The molecule has 2 heterocycles. The van der Waals surface area contributed by atoms with Gasteiger partial charge in [0.05, 0.1) is 16.2 Å². The summed E-state index contributed by atoms with van der Waals surface area (Å²) in [5.41, 5.74) is -0.410. The number of hydrogen-bond acceptors (Lipinski definition) is 1. The number of nitrogens with one attached hydrogen (secondary N) is 1. The van der Waals surface area contributed by atoms with E-state index in [-0.39, 0.29) is 4.47 Å². The number of hydrogen-bond donors (Lipinski definition) is 1. The van der Waals surface area contributed by atoms with Crippen LogP contribution in [0.3, 0.4) is 0 Å². The molecule has 0 radical (unpaired) electrons. The summed E-state index contributed by atoms with van der Waals surface area (Å²) in [6.07, 6.45) is -1.58. The molecular weight excluding hydrogens is 261 g/mol. The third kappa shape index (κ3) is 1.39. The predicted octanol–water partition coefficient (Wildman–Crippen LogP) is 3.34. The molecule has 0 atom stereocenters. The Morgan fingerprint density at radius 1 is 1.36 bits per heavy atom. The van der Waals surface area contributed by atoms with Crippen molar-refractivity contribution in [1.29, 1.82) is 0 Å². The number of aromatic amines is 1. The Kier molecular flexibility index (Phi) is 2.02. The molecule has 74 valence electrons. The zero-order chi connectivity index (χ0) is 10.3. The second-order valence-corrected chi connectivity index (χ2v) is 3.53. The molecule has 0 aliphatic carbocycles. The third-order valence-electron chi connectivity index (χ3n) is 1.82. The lowest BCUT2D eigenvalue weighted by Gasteiger charge is -2.03. The molecule has 1 N–H and O–H groups in total. The average Bonchev–Trinajstić information content (AvgIpc) is 2.44. The molecule has 0 aliphatic rings. The van der Waals surface area contributed by atoms with E-state index in [1.165, 1.54) is 18.5 Å². The first kappa shape index (κ1) is 9.51. The highest BCUT2D eigenvalue weighted by atomic mass is 79.9. The van der Waals surface area contributed by atoms with Gasteiger partial charge in [-0.05, 0) is 22.0 Å². The van der Waals surface area contributed by atoms with E-state index in [0.717, 1.165) is 0 Å². The first-order valence-corrected chi connectivity index (χ1v) is 4.48. The van der Waals surface area contributed by atoms with Crippen LogP contribution in [0.1, 0.15) is 5.69 Å². The molecule has 0 unspecified atom stereocenters. The summed E-state index contributed by atoms with van der Waals surface area (Å²) in [5, 5.41) is 0.479. The zero-order valence-electron chi connectivity index (χ0n) is 6.69. The summed E-state index contributed by atoms with van der Waals surface area (Å²) in [7, 11) is 0. The van der Waals surface area contributed by atoms with Crippen LogP contribution in [0, 0.1) is 0 Å². The molecule has 2 nitrogen and oxygen atoms in total. The molecule has 0 saturated carbocycles. The first-order chi connectivity index (χ1) is 6.50. The summed E-state index contributed by atoms with van der Waals surface area (Å²) in [4.78, 5) is 6.00. The zero-order valence-corrected chi connectivity index (χ0v) is 8.28. The fourth-order valence-electron chi connectivity index (χ4n) is 1.20. The second kappa shape index (κ2) is 2.98. The van der Waals surface area contributed by atoms with E-state index in [1.807, 2.05) is 0 Å². The highest BCUT2D eigenvalue weighted by Gasteiger charge is 2.35. The van der Waals surface area contributed by atoms with Gasteiger partial charge in [-0.25, -0.2) is 0 Å². The molecule has 2 aromatic heterocycles. The number of fused-ring (bicyclic) bond motifs is 1. The lowest BCUT2D eigenvalue weighted by atomic mass is 10.3. The number of pyridine rings is 1. The van der Waals surface area contributed by atoms with Crippen LogP contribution in [0.2, 0.25) is 0 Å². The monoisotopic (exact) mass is 264 g/mol. The maximum absolute atomic E-state index is 12.4. The molecule has 14 heavy (non-hydrogen) atoms. The van der Waals surface area contributed by atoms with Crippen LogP contribution in [0.25, 0.3) is 10.9 Å². The van der Waals surface area contributed by atoms with E-state index >= 15 is 0 Å². The second-order valence-electron chi connectivity index (χ2n) is 2.73. The Hall–Kier alpha value is -1.04. The molecule has 2 aromatic rings. The smallest absolute Gasteiger partial charge is 0.349 e. The minimum absolute atomic E-state index is 0.0300. The van der Waals surface area contributed by atoms with E-state index < -0.39 is 11.9 Å². The fraction of sp³-hybridized carbons (Fsp3) is 0.125. The van der Waals surface area contributed by atoms with Crippen molar-refractivity contribution in [2.45, 2.75) is 6.18 Å². The van der Waals surface area contributed by atoms with Gasteiger partial charge in [-0.3, -0.25) is 4.98 Å². The van der Waals surface area contributed by atoms with E-state index in [2.05, 4.69) is 25.9 Å². The van der Waals surface area contributed by atoms with Crippen molar-refractivity contribution in [1.82, 2.24) is 9.97 Å². The molecule has 0 saturated heterocycles. The summed E-state index contributed by atoms with van der Waals surface area (Å²) < 4.78 is 37.2. The van der Waals surface area contributed by atoms with Gasteiger partial charge in [-0.15, -0.1) is 0 Å². The van der Waals surface area contributed by atoms with Crippen molar-refractivity contribution in [2.75, 3.05) is 0 Å². The quantitative estimate of drug-likeness (QED) is 0.777. The Bertz CT molecular complexity index is 475. The minimum Gasteiger partial charge on any atom is -0.349 e. The Labute approximate surface area is 85.3 Å². The molecule has 0 spiro atoms. The maximum atomic E-state index is 12.4. The van der Waals surface area contributed by atoms with Gasteiger partial charge in [0.15, 0.2) is 0 Å². The van der Waals surface area contributed by atoms with Gasteiger partial charge in [0, 0.05) is 11.6 Å². The minimum atomic E-state index is -4.38. The molecule has 6 heteroatoms. The molecule has 2 rings (SSSR count). The van der Waals surface area contributed by atoms with Gasteiger partial charge in [0.2, 0.25) is 0 Å². The lowest BCUT2D eigenvalue weighted by Crippen LogP contribution is -2.05. The maximum Gasteiger partial charge on any atom is 0.432 e. The predicted molar refractivity (Wildman–Crippen MR) is 48.8 cm³/mol. The standard InChI is InChI=1S/C8H4BrF3N2/c9-6-4-1-2-13-3-5(4)14-7(6)8(10,11)12/h1-3,14H. The van der Waals surface area contributed by atoms with Crippen LogP contribution in [-0.4, -0.2) is 9.97 Å². The van der Waals surface area contributed by atoms with Crippen molar-refractivity contribution >= 4 is 26.8 Å². The number of halogens is 4.